The molecule has 0 saturated carbocycles. The van der Waals surface area contributed by atoms with Crippen LogP contribution in [-0.2, 0) is 19.1 Å². The van der Waals surface area contributed by atoms with Gasteiger partial charge in [0.1, 0.15) is 6.61 Å². The predicted octanol–water partition coefficient (Wildman–Crippen LogP) is 7.91. The van der Waals surface area contributed by atoms with Gasteiger partial charge in [-0.25, -0.2) is 0 Å². The summed E-state index contributed by atoms with van der Waals surface area (Å²) >= 11 is 0. The molecular weight excluding hydrogens is 428 g/mol. The molecule has 0 fully saturated rings. The largest absolute Gasteiger partial charge is 0.462 e. The first-order chi connectivity index (χ1) is 16.5. The third-order valence-electron chi connectivity index (χ3n) is 6.33. The summed E-state index contributed by atoms with van der Waals surface area (Å²) in [7, 11) is 0. The van der Waals surface area contributed by atoms with Crippen molar-refractivity contribution in [3.8, 4) is 0 Å². The van der Waals surface area contributed by atoms with E-state index in [0.29, 0.717) is 12.8 Å². The van der Waals surface area contributed by atoms with Crippen LogP contribution in [-0.4, -0.2) is 36.4 Å². The molecule has 0 heterocycles. The molecule has 34 heavy (non-hydrogen) atoms. The van der Waals surface area contributed by atoms with E-state index in [2.05, 4.69) is 20.8 Å². The SMILES string of the molecule is CCCCCCCC(=O)OC[C@H](CO)OC(=O)CCCCCCCCCCCCCCC(C)C. The molecule has 0 unspecified atom stereocenters. The van der Waals surface area contributed by atoms with Gasteiger partial charge in [0.05, 0.1) is 6.61 Å². The van der Waals surface area contributed by atoms with E-state index in [4.69, 9.17) is 9.47 Å². The van der Waals surface area contributed by atoms with Gasteiger partial charge in [0.2, 0.25) is 0 Å². The minimum absolute atomic E-state index is 0.0615. The van der Waals surface area contributed by atoms with Crippen LogP contribution in [0.3, 0.4) is 0 Å². The van der Waals surface area contributed by atoms with Crippen molar-refractivity contribution >= 4 is 11.9 Å². The Labute approximate surface area is 210 Å². The Bertz CT molecular complexity index is 463. The van der Waals surface area contributed by atoms with Crippen LogP contribution < -0.4 is 0 Å². The summed E-state index contributed by atoms with van der Waals surface area (Å²) < 4.78 is 10.4. The fourth-order valence-corrected chi connectivity index (χ4v) is 4.09. The van der Waals surface area contributed by atoms with Crippen molar-refractivity contribution in [2.75, 3.05) is 13.2 Å². The summed E-state index contributed by atoms with van der Waals surface area (Å²) in [5.74, 6) is 0.241. The second-order valence-electron chi connectivity index (χ2n) is 10.3. The molecule has 1 atom stereocenters. The van der Waals surface area contributed by atoms with Crippen molar-refractivity contribution in [3.05, 3.63) is 0 Å². The Morgan fingerprint density at radius 2 is 1.09 bits per heavy atom. The Hall–Kier alpha value is -1.10. The minimum Gasteiger partial charge on any atom is -0.462 e. The van der Waals surface area contributed by atoms with E-state index in [1.807, 2.05) is 0 Å². The number of hydrogen-bond donors (Lipinski definition) is 1. The van der Waals surface area contributed by atoms with Gasteiger partial charge in [0.15, 0.2) is 6.10 Å². The summed E-state index contributed by atoms with van der Waals surface area (Å²) in [4.78, 5) is 23.8. The van der Waals surface area contributed by atoms with Gasteiger partial charge in [0, 0.05) is 12.8 Å². The molecule has 0 bridgehead atoms. The normalized spacial score (nSPS) is 12.1. The van der Waals surface area contributed by atoms with E-state index in [0.717, 1.165) is 44.4 Å². The quantitative estimate of drug-likeness (QED) is 0.105. The predicted molar refractivity (Wildman–Crippen MR) is 141 cm³/mol. The molecule has 0 rings (SSSR count). The zero-order valence-corrected chi connectivity index (χ0v) is 22.8. The molecule has 0 aromatic rings. The Kier molecular flexibility index (Phi) is 24.2. The minimum atomic E-state index is -0.758. The van der Waals surface area contributed by atoms with Crippen LogP contribution in [0, 0.1) is 5.92 Å². The van der Waals surface area contributed by atoms with Gasteiger partial charge >= 0.3 is 11.9 Å². The van der Waals surface area contributed by atoms with Crippen LogP contribution in [0.2, 0.25) is 0 Å². The van der Waals surface area contributed by atoms with Crippen LogP contribution in [0.25, 0.3) is 0 Å². The van der Waals surface area contributed by atoms with Gasteiger partial charge in [-0.05, 0) is 18.8 Å². The number of esters is 2. The zero-order valence-electron chi connectivity index (χ0n) is 22.8. The highest BCUT2D eigenvalue weighted by atomic mass is 16.6. The molecule has 0 saturated heterocycles. The van der Waals surface area contributed by atoms with Crippen LogP contribution in [0.4, 0.5) is 0 Å². The molecule has 0 aromatic heterocycles. The standard InChI is InChI=1S/C29H56O5/c1-4-5-6-15-19-22-28(31)33-25-27(24-30)34-29(32)23-20-17-14-12-10-8-7-9-11-13-16-18-21-26(2)3/h26-27,30H,4-25H2,1-3H3/t27-/m0/s1. The number of unbranched alkanes of at least 4 members (excludes halogenated alkanes) is 15. The van der Waals surface area contributed by atoms with Crippen molar-refractivity contribution < 1.29 is 24.2 Å². The third-order valence-corrected chi connectivity index (χ3v) is 6.33. The van der Waals surface area contributed by atoms with Crippen molar-refractivity contribution in [1.82, 2.24) is 0 Å². The highest BCUT2D eigenvalue weighted by molar-refractivity contribution is 5.70. The maximum atomic E-state index is 12.0. The molecule has 1 N–H and O–H groups in total. The number of carbonyl (C=O) groups is 2. The average Bonchev–Trinajstić information content (AvgIpc) is 2.81. The van der Waals surface area contributed by atoms with E-state index in [9.17, 15) is 14.7 Å². The lowest BCUT2D eigenvalue weighted by molar-refractivity contribution is -0.161. The first-order valence-corrected chi connectivity index (χ1v) is 14.5. The number of rotatable bonds is 25. The van der Waals surface area contributed by atoms with Gasteiger partial charge in [-0.15, -0.1) is 0 Å². The lowest BCUT2D eigenvalue weighted by Gasteiger charge is -2.15. The first-order valence-electron chi connectivity index (χ1n) is 14.5. The van der Waals surface area contributed by atoms with Crippen LogP contribution >= 0.6 is 0 Å². The summed E-state index contributed by atoms with van der Waals surface area (Å²) in [6, 6.07) is 0. The first kappa shape index (κ1) is 32.9. The molecule has 5 heteroatoms. The molecule has 5 nitrogen and oxygen atoms in total. The number of hydrogen-bond acceptors (Lipinski definition) is 5. The molecule has 0 amide bonds. The lowest BCUT2D eigenvalue weighted by atomic mass is 10.0. The Morgan fingerprint density at radius 3 is 1.56 bits per heavy atom. The summed E-state index contributed by atoms with van der Waals surface area (Å²) in [6.45, 7) is 6.37. The molecular formula is C29H56O5. The van der Waals surface area contributed by atoms with Gasteiger partial charge in [-0.1, -0.05) is 124 Å². The molecule has 0 aliphatic carbocycles. The van der Waals surface area contributed by atoms with Crippen molar-refractivity contribution in [1.29, 1.82) is 0 Å². The maximum Gasteiger partial charge on any atom is 0.306 e. The summed E-state index contributed by atoms with van der Waals surface area (Å²) in [5, 5.41) is 9.40. The Balaban J connectivity index is 3.52. The smallest absolute Gasteiger partial charge is 0.306 e. The number of carbonyl (C=O) groups excluding carboxylic acids is 2. The number of aliphatic hydroxyl groups excluding tert-OH is 1. The zero-order chi connectivity index (χ0) is 25.3. The van der Waals surface area contributed by atoms with Crippen molar-refractivity contribution in [2.24, 2.45) is 5.92 Å². The molecule has 202 valence electrons. The monoisotopic (exact) mass is 484 g/mol. The fraction of sp³-hybridized carbons (Fsp3) is 0.931. The van der Waals surface area contributed by atoms with Crippen LogP contribution in [0.1, 0.15) is 149 Å². The van der Waals surface area contributed by atoms with Gasteiger partial charge in [-0.3, -0.25) is 9.59 Å². The molecule has 0 spiro atoms. The molecule has 0 radical (unpaired) electrons. The van der Waals surface area contributed by atoms with Gasteiger partial charge in [-0.2, -0.15) is 0 Å². The summed E-state index contributed by atoms with van der Waals surface area (Å²) in [6.07, 6.45) is 21.8. The highest BCUT2D eigenvalue weighted by Crippen LogP contribution is 2.14. The lowest BCUT2D eigenvalue weighted by Crippen LogP contribution is -2.28. The second kappa shape index (κ2) is 25.0. The maximum absolute atomic E-state index is 12.0. The highest BCUT2D eigenvalue weighted by Gasteiger charge is 2.16. The van der Waals surface area contributed by atoms with Crippen molar-refractivity contribution in [2.45, 2.75) is 155 Å². The summed E-state index contributed by atoms with van der Waals surface area (Å²) in [5.41, 5.74) is 0. The van der Waals surface area contributed by atoms with Crippen LogP contribution in [0.5, 0.6) is 0 Å². The Morgan fingerprint density at radius 1 is 0.647 bits per heavy atom. The second-order valence-corrected chi connectivity index (χ2v) is 10.3. The number of ether oxygens (including phenoxy) is 2. The topological polar surface area (TPSA) is 72.8 Å². The van der Waals surface area contributed by atoms with E-state index in [-0.39, 0.29) is 25.2 Å². The third kappa shape index (κ3) is 24.0. The molecule has 0 aromatic carbocycles. The number of aliphatic hydroxyl groups is 1. The van der Waals surface area contributed by atoms with E-state index in [1.165, 1.54) is 77.0 Å². The fourth-order valence-electron chi connectivity index (χ4n) is 4.09. The van der Waals surface area contributed by atoms with E-state index >= 15 is 0 Å². The van der Waals surface area contributed by atoms with E-state index in [1.54, 1.807) is 0 Å². The van der Waals surface area contributed by atoms with Gasteiger partial charge in [0.25, 0.3) is 0 Å². The molecule has 0 aliphatic heterocycles. The average molecular weight is 485 g/mol. The van der Waals surface area contributed by atoms with Crippen LogP contribution in [0.15, 0.2) is 0 Å². The molecule has 0 aliphatic rings. The van der Waals surface area contributed by atoms with Crippen molar-refractivity contribution in [3.63, 3.8) is 0 Å². The van der Waals surface area contributed by atoms with E-state index < -0.39 is 6.10 Å². The van der Waals surface area contributed by atoms with Gasteiger partial charge < -0.3 is 14.6 Å².